The van der Waals surface area contributed by atoms with E-state index in [1.165, 1.54) is 12.1 Å². The normalized spacial score (nSPS) is 10.7. The van der Waals surface area contributed by atoms with Crippen LogP contribution in [0.3, 0.4) is 0 Å². The summed E-state index contributed by atoms with van der Waals surface area (Å²) in [4.78, 5) is 12.1. The number of halogens is 5. The largest absolute Gasteiger partial charge is 0.294 e. The van der Waals surface area contributed by atoms with E-state index in [1.54, 1.807) is 0 Å². The van der Waals surface area contributed by atoms with Crippen LogP contribution in [0, 0.1) is 17.5 Å². The molecule has 104 valence electrons. The average molecular weight is 364 g/mol. The lowest BCUT2D eigenvalue weighted by molar-refractivity contribution is 0.0991. The molecule has 2 aromatic rings. The van der Waals surface area contributed by atoms with Gasteiger partial charge in [-0.1, -0.05) is 11.6 Å². The highest BCUT2D eigenvalue weighted by molar-refractivity contribution is 9.10. The van der Waals surface area contributed by atoms with Gasteiger partial charge in [-0.25, -0.2) is 13.2 Å². The molecule has 0 N–H and O–H groups in total. The van der Waals surface area contributed by atoms with Gasteiger partial charge in [-0.3, -0.25) is 4.79 Å². The van der Waals surface area contributed by atoms with E-state index in [9.17, 15) is 18.0 Å². The monoisotopic (exact) mass is 362 g/mol. The van der Waals surface area contributed by atoms with Crippen LogP contribution in [0.4, 0.5) is 13.2 Å². The molecule has 0 saturated carbocycles. The first-order chi connectivity index (χ1) is 9.40. The van der Waals surface area contributed by atoms with E-state index in [1.807, 2.05) is 0 Å². The van der Waals surface area contributed by atoms with Gasteiger partial charge >= 0.3 is 0 Å². The third kappa shape index (κ3) is 3.04. The Morgan fingerprint density at radius 3 is 2.55 bits per heavy atom. The fourth-order valence-corrected chi connectivity index (χ4v) is 2.42. The van der Waals surface area contributed by atoms with Gasteiger partial charge in [-0.05, 0) is 51.8 Å². The van der Waals surface area contributed by atoms with Crippen molar-refractivity contribution in [3.05, 3.63) is 68.4 Å². The highest BCUT2D eigenvalue weighted by Crippen LogP contribution is 2.26. The Morgan fingerprint density at radius 2 is 1.85 bits per heavy atom. The molecule has 2 aromatic carbocycles. The second-order valence-electron chi connectivity index (χ2n) is 4.06. The van der Waals surface area contributed by atoms with Crippen molar-refractivity contribution >= 4 is 33.3 Å². The van der Waals surface area contributed by atoms with Crippen molar-refractivity contribution in [2.75, 3.05) is 0 Å². The third-order valence-corrected chi connectivity index (χ3v) is 3.84. The molecular weight excluding hydrogens is 357 g/mol. The first-order valence-corrected chi connectivity index (χ1v) is 6.68. The van der Waals surface area contributed by atoms with E-state index in [0.29, 0.717) is 0 Å². The molecule has 0 spiro atoms. The van der Waals surface area contributed by atoms with Gasteiger partial charge in [0.05, 0.1) is 4.47 Å². The molecule has 1 nitrogen and oxygen atoms in total. The quantitative estimate of drug-likeness (QED) is 0.557. The van der Waals surface area contributed by atoms with Crippen LogP contribution in [-0.4, -0.2) is 5.78 Å². The Morgan fingerprint density at radius 1 is 1.15 bits per heavy atom. The molecule has 0 amide bonds. The van der Waals surface area contributed by atoms with E-state index in [4.69, 9.17) is 11.6 Å². The van der Waals surface area contributed by atoms with Gasteiger partial charge in [-0.15, -0.1) is 0 Å². The van der Waals surface area contributed by atoms with E-state index < -0.39 is 23.2 Å². The van der Waals surface area contributed by atoms with Crippen LogP contribution < -0.4 is 0 Å². The van der Waals surface area contributed by atoms with Crippen LogP contribution in [0.2, 0.25) is 5.02 Å². The summed E-state index contributed by atoms with van der Waals surface area (Å²) in [5, 5.41) is 0.235. The van der Waals surface area contributed by atoms with E-state index in [0.717, 1.165) is 18.2 Å². The van der Waals surface area contributed by atoms with Crippen LogP contribution in [0.5, 0.6) is 0 Å². The standard InChI is InChI=1S/C14H7BrClF3O/c15-13-9(2-4-11(18)14(13)19)12(20)6-7-5-8(17)1-3-10(7)16/h1-5H,6H2. The summed E-state index contributed by atoms with van der Waals surface area (Å²) < 4.78 is 39.2. The summed E-state index contributed by atoms with van der Waals surface area (Å²) in [7, 11) is 0. The van der Waals surface area contributed by atoms with Gasteiger partial charge in [0.15, 0.2) is 17.4 Å². The molecule has 0 unspecified atom stereocenters. The van der Waals surface area contributed by atoms with Crippen molar-refractivity contribution < 1.29 is 18.0 Å². The van der Waals surface area contributed by atoms with Crippen LogP contribution in [0.25, 0.3) is 0 Å². The minimum atomic E-state index is -1.14. The van der Waals surface area contributed by atoms with Gasteiger partial charge in [0.2, 0.25) is 0 Å². The molecule has 6 heteroatoms. The number of benzene rings is 2. The van der Waals surface area contributed by atoms with Crippen molar-refractivity contribution in [3.8, 4) is 0 Å². The Balaban J connectivity index is 2.33. The summed E-state index contributed by atoms with van der Waals surface area (Å²) in [6.07, 6.45) is -0.208. The number of hydrogen-bond donors (Lipinski definition) is 0. The number of rotatable bonds is 3. The Hall–Kier alpha value is -1.33. The van der Waals surface area contributed by atoms with E-state index >= 15 is 0 Å². The van der Waals surface area contributed by atoms with Crippen LogP contribution in [0.15, 0.2) is 34.8 Å². The van der Waals surface area contributed by atoms with Crippen molar-refractivity contribution in [2.45, 2.75) is 6.42 Å². The zero-order chi connectivity index (χ0) is 14.9. The van der Waals surface area contributed by atoms with Gasteiger partial charge < -0.3 is 0 Å². The lowest BCUT2D eigenvalue weighted by Crippen LogP contribution is -2.07. The van der Waals surface area contributed by atoms with E-state index in [2.05, 4.69) is 15.9 Å². The lowest BCUT2D eigenvalue weighted by atomic mass is 10.0. The predicted molar refractivity (Wildman–Crippen MR) is 73.5 cm³/mol. The lowest BCUT2D eigenvalue weighted by Gasteiger charge is -2.07. The molecule has 0 atom stereocenters. The average Bonchev–Trinajstić information content (AvgIpc) is 2.40. The smallest absolute Gasteiger partial charge is 0.173 e. The molecule has 0 aliphatic carbocycles. The molecule has 0 aliphatic heterocycles. The number of carbonyl (C=O) groups is 1. The molecule has 0 bridgehead atoms. The first kappa shape index (κ1) is 15.1. The molecule has 20 heavy (non-hydrogen) atoms. The van der Waals surface area contributed by atoms with Crippen molar-refractivity contribution in [1.82, 2.24) is 0 Å². The van der Waals surface area contributed by atoms with Gasteiger partial charge in [0, 0.05) is 17.0 Å². The fraction of sp³-hybridized carbons (Fsp3) is 0.0714. The van der Waals surface area contributed by atoms with Gasteiger partial charge in [-0.2, -0.15) is 0 Å². The number of Topliss-reactive ketones (excluding diaryl/α,β-unsaturated/α-hetero) is 1. The van der Waals surface area contributed by atoms with Gasteiger partial charge in [0.25, 0.3) is 0 Å². The minimum absolute atomic E-state index is 0.0239. The van der Waals surface area contributed by atoms with Crippen LogP contribution in [0.1, 0.15) is 15.9 Å². The third-order valence-electron chi connectivity index (χ3n) is 2.69. The van der Waals surface area contributed by atoms with Gasteiger partial charge in [0.1, 0.15) is 5.82 Å². The summed E-state index contributed by atoms with van der Waals surface area (Å²) in [6, 6.07) is 5.66. The minimum Gasteiger partial charge on any atom is -0.294 e. The number of carbonyl (C=O) groups excluding carboxylic acids is 1. The van der Waals surface area contributed by atoms with Crippen LogP contribution in [-0.2, 0) is 6.42 Å². The summed E-state index contributed by atoms with van der Waals surface area (Å²) in [5.41, 5.74) is 0.262. The molecule has 0 radical (unpaired) electrons. The van der Waals surface area contributed by atoms with Crippen LogP contribution >= 0.6 is 27.5 Å². The Bertz CT molecular complexity index is 688. The Labute approximate surface area is 126 Å². The molecule has 0 saturated heterocycles. The maximum absolute atomic E-state index is 13.4. The fourth-order valence-electron chi connectivity index (χ4n) is 1.69. The molecular formula is C14H7BrClF3O. The zero-order valence-corrected chi connectivity index (χ0v) is 12.2. The summed E-state index contributed by atoms with van der Waals surface area (Å²) in [5.74, 6) is -3.22. The summed E-state index contributed by atoms with van der Waals surface area (Å²) >= 11 is 8.69. The highest BCUT2D eigenvalue weighted by Gasteiger charge is 2.18. The number of ketones is 1. The van der Waals surface area contributed by atoms with Crippen molar-refractivity contribution in [1.29, 1.82) is 0 Å². The number of hydrogen-bond acceptors (Lipinski definition) is 1. The molecule has 0 fully saturated rings. The predicted octanol–water partition coefficient (Wildman–Crippen LogP) is 4.95. The molecule has 0 heterocycles. The maximum atomic E-state index is 13.4. The highest BCUT2D eigenvalue weighted by atomic mass is 79.9. The Kier molecular flexibility index (Phi) is 4.50. The first-order valence-electron chi connectivity index (χ1n) is 5.50. The SMILES string of the molecule is O=C(Cc1cc(F)ccc1Cl)c1ccc(F)c(F)c1Br. The molecule has 0 aliphatic rings. The van der Waals surface area contributed by atoms with Crippen molar-refractivity contribution in [3.63, 3.8) is 0 Å². The van der Waals surface area contributed by atoms with E-state index in [-0.39, 0.29) is 27.0 Å². The second kappa shape index (κ2) is 5.97. The van der Waals surface area contributed by atoms with Crippen molar-refractivity contribution in [2.24, 2.45) is 0 Å². The maximum Gasteiger partial charge on any atom is 0.173 e. The topological polar surface area (TPSA) is 17.1 Å². The zero-order valence-electron chi connectivity index (χ0n) is 9.89. The second-order valence-corrected chi connectivity index (χ2v) is 5.26. The summed E-state index contributed by atoms with van der Waals surface area (Å²) in [6.45, 7) is 0. The molecule has 0 aromatic heterocycles. The molecule has 2 rings (SSSR count).